The number of aliphatic carboxylic acids is 1. The molecule has 0 aliphatic heterocycles. The number of amides is 1. The number of esters is 1. The van der Waals surface area contributed by atoms with Gasteiger partial charge in [0.2, 0.25) is 5.78 Å². The third-order valence-corrected chi connectivity index (χ3v) is 4.03. The number of hydrogen-bond acceptors (Lipinski definition) is 8. The van der Waals surface area contributed by atoms with E-state index in [9.17, 15) is 24.3 Å². The number of hydrazone groups is 1. The first kappa shape index (κ1) is 23.1. The van der Waals surface area contributed by atoms with E-state index in [4.69, 9.17) is 15.3 Å². The summed E-state index contributed by atoms with van der Waals surface area (Å²) in [7, 11) is 0. The fourth-order valence-electron chi connectivity index (χ4n) is 2.54. The van der Waals surface area contributed by atoms with Gasteiger partial charge in [0.1, 0.15) is 5.75 Å². The number of ether oxygens (including phenoxy) is 2. The van der Waals surface area contributed by atoms with Crippen LogP contribution in [-0.4, -0.2) is 47.3 Å². The Bertz CT molecular complexity index is 974. The fraction of sp³-hybridized carbons (Fsp3) is 0.190. The number of rotatable bonds is 10. The minimum absolute atomic E-state index is 0.0422. The van der Waals surface area contributed by atoms with Gasteiger partial charge < -0.3 is 20.4 Å². The second-order valence-electron chi connectivity index (χ2n) is 6.27. The molecule has 0 aromatic heterocycles. The highest BCUT2D eigenvalue weighted by atomic mass is 16.6. The van der Waals surface area contributed by atoms with Gasteiger partial charge in [-0.05, 0) is 29.8 Å². The van der Waals surface area contributed by atoms with Crippen LogP contribution in [0.15, 0.2) is 59.7 Å². The normalized spacial score (nSPS) is 12.5. The monoisotopic (exact) mass is 427 g/mol. The van der Waals surface area contributed by atoms with Crippen molar-refractivity contribution in [2.24, 2.45) is 10.9 Å². The van der Waals surface area contributed by atoms with Crippen LogP contribution < -0.4 is 15.9 Å². The van der Waals surface area contributed by atoms with E-state index in [0.29, 0.717) is 5.56 Å². The third-order valence-electron chi connectivity index (χ3n) is 4.03. The Hall–Kier alpha value is -4.21. The van der Waals surface area contributed by atoms with Gasteiger partial charge in [0.25, 0.3) is 5.91 Å². The van der Waals surface area contributed by atoms with Gasteiger partial charge in [0, 0.05) is 18.9 Å². The molecule has 2 aromatic carbocycles. The lowest BCUT2D eigenvalue weighted by Gasteiger charge is -2.29. The number of ketones is 1. The van der Waals surface area contributed by atoms with Crippen LogP contribution >= 0.6 is 0 Å². The van der Waals surface area contributed by atoms with Crippen LogP contribution in [0, 0.1) is 0 Å². The number of benzene rings is 2. The zero-order valence-corrected chi connectivity index (χ0v) is 16.6. The molecule has 1 amide bonds. The zero-order valence-electron chi connectivity index (χ0n) is 16.6. The highest BCUT2D eigenvalue weighted by Gasteiger charge is 2.50. The maximum absolute atomic E-state index is 12.9. The van der Waals surface area contributed by atoms with Crippen molar-refractivity contribution in [2.45, 2.75) is 19.1 Å². The van der Waals surface area contributed by atoms with Crippen LogP contribution in [0.2, 0.25) is 0 Å². The third kappa shape index (κ3) is 6.13. The fourth-order valence-corrected chi connectivity index (χ4v) is 2.54. The molecule has 10 heteroatoms. The van der Waals surface area contributed by atoms with Gasteiger partial charge >= 0.3 is 17.7 Å². The van der Waals surface area contributed by atoms with Crippen LogP contribution in [0.3, 0.4) is 0 Å². The van der Waals surface area contributed by atoms with Crippen molar-refractivity contribution in [2.75, 3.05) is 6.61 Å². The van der Waals surface area contributed by atoms with Crippen LogP contribution in [0.5, 0.6) is 5.75 Å². The molecular weight excluding hydrogens is 406 g/mol. The average molecular weight is 427 g/mol. The molecule has 2 rings (SSSR count). The molecule has 0 spiro atoms. The first-order valence-corrected chi connectivity index (χ1v) is 9.08. The van der Waals surface area contributed by atoms with Crippen molar-refractivity contribution in [1.82, 2.24) is 5.32 Å². The van der Waals surface area contributed by atoms with E-state index in [1.807, 2.05) is 0 Å². The van der Waals surface area contributed by atoms with Crippen molar-refractivity contribution in [3.8, 4) is 5.75 Å². The molecule has 2 aromatic rings. The molecule has 1 unspecified atom stereocenters. The Balaban J connectivity index is 2.36. The lowest BCUT2D eigenvalue weighted by Crippen LogP contribution is -2.64. The van der Waals surface area contributed by atoms with Crippen LogP contribution in [0.1, 0.15) is 29.3 Å². The number of nitrogens with zero attached hydrogens (tertiary/aromatic N) is 1. The molecule has 0 radical (unpaired) electrons. The topological polar surface area (TPSA) is 157 Å². The van der Waals surface area contributed by atoms with E-state index in [1.54, 1.807) is 18.2 Å². The minimum atomic E-state index is -2.74. The summed E-state index contributed by atoms with van der Waals surface area (Å²) < 4.78 is 10.2. The van der Waals surface area contributed by atoms with Crippen LogP contribution in [-0.2, 0) is 19.1 Å². The maximum atomic E-state index is 12.9. The maximum Gasteiger partial charge on any atom is 0.378 e. The second-order valence-corrected chi connectivity index (χ2v) is 6.27. The molecule has 162 valence electrons. The van der Waals surface area contributed by atoms with E-state index in [0.717, 1.165) is 6.92 Å². The standard InChI is InChI=1S/C21H21N3O7/c1-14(25)30-12-11-18(26)21(20(28)29,31-17-5-3-2-4-6-17)24-19(27)16-9-7-15(8-10-16)13-23-22/h2-10,13H,11-12,22H2,1H3,(H,24,27)(H,28,29). The van der Waals surface area contributed by atoms with Gasteiger partial charge in [0.15, 0.2) is 0 Å². The van der Waals surface area contributed by atoms with Gasteiger partial charge in [0.05, 0.1) is 12.8 Å². The Morgan fingerprint density at radius 1 is 1.10 bits per heavy atom. The lowest BCUT2D eigenvalue weighted by molar-refractivity contribution is -0.165. The molecule has 0 aliphatic rings. The Morgan fingerprint density at radius 3 is 2.29 bits per heavy atom. The summed E-state index contributed by atoms with van der Waals surface area (Å²) in [5, 5.41) is 15.4. The summed E-state index contributed by atoms with van der Waals surface area (Å²) in [6.07, 6.45) is 0.866. The molecule has 0 heterocycles. The predicted octanol–water partition coefficient (Wildman–Crippen LogP) is 1.09. The Labute approximate surface area is 177 Å². The molecule has 1 atom stereocenters. The largest absolute Gasteiger partial charge is 0.476 e. The van der Waals surface area contributed by atoms with Gasteiger partial charge in [-0.1, -0.05) is 30.3 Å². The molecular formula is C21H21N3O7. The van der Waals surface area contributed by atoms with Crippen molar-refractivity contribution in [3.63, 3.8) is 0 Å². The number of nitrogens with two attached hydrogens (primary N) is 1. The van der Waals surface area contributed by atoms with Crippen molar-refractivity contribution in [1.29, 1.82) is 0 Å². The Kier molecular flexibility index (Phi) is 7.84. The summed E-state index contributed by atoms with van der Waals surface area (Å²) in [5.41, 5.74) is -2.05. The van der Waals surface area contributed by atoms with E-state index < -0.39 is 35.8 Å². The summed E-state index contributed by atoms with van der Waals surface area (Å²) in [5.74, 6) is 0.879. The minimum Gasteiger partial charge on any atom is -0.476 e. The molecule has 10 nitrogen and oxygen atoms in total. The quantitative estimate of drug-likeness (QED) is 0.127. The molecule has 0 bridgehead atoms. The van der Waals surface area contributed by atoms with Crippen molar-refractivity contribution < 1.29 is 33.8 Å². The van der Waals surface area contributed by atoms with Gasteiger partial charge in [-0.25, -0.2) is 4.79 Å². The first-order chi connectivity index (χ1) is 14.8. The molecule has 0 saturated heterocycles. The number of carboxylic acid groups (broad SMARTS) is 1. The van der Waals surface area contributed by atoms with Gasteiger partial charge in [-0.2, -0.15) is 5.10 Å². The van der Waals surface area contributed by atoms with E-state index >= 15 is 0 Å². The number of Topliss-reactive ketones (excluding diaryl/α,β-unsaturated/α-hetero) is 1. The number of para-hydroxylation sites is 1. The Morgan fingerprint density at radius 2 is 1.74 bits per heavy atom. The summed E-state index contributed by atoms with van der Waals surface area (Å²) in [6.45, 7) is 0.778. The first-order valence-electron chi connectivity index (χ1n) is 9.08. The number of carbonyl (C=O) groups is 4. The zero-order chi connectivity index (χ0) is 22.9. The highest BCUT2D eigenvalue weighted by molar-refractivity contribution is 6.11. The van der Waals surface area contributed by atoms with Crippen LogP contribution in [0.4, 0.5) is 0 Å². The number of carboxylic acids is 1. The number of carbonyl (C=O) groups excluding carboxylic acids is 3. The highest BCUT2D eigenvalue weighted by Crippen LogP contribution is 2.20. The molecule has 0 aliphatic carbocycles. The summed E-state index contributed by atoms with van der Waals surface area (Å²) in [4.78, 5) is 48.8. The number of hydrogen-bond donors (Lipinski definition) is 3. The number of nitrogens with one attached hydrogen (secondary N) is 1. The summed E-state index contributed by atoms with van der Waals surface area (Å²) >= 11 is 0. The van der Waals surface area contributed by atoms with Crippen LogP contribution in [0.25, 0.3) is 0 Å². The lowest BCUT2D eigenvalue weighted by atomic mass is 10.0. The summed E-state index contributed by atoms with van der Waals surface area (Å²) in [6, 6.07) is 13.6. The van der Waals surface area contributed by atoms with Crippen molar-refractivity contribution >= 4 is 29.8 Å². The molecule has 4 N–H and O–H groups in total. The SMILES string of the molecule is CC(=O)OCCC(=O)C(NC(=O)c1ccc(C=NN)cc1)(Oc1ccccc1)C(=O)O. The van der Waals surface area contributed by atoms with E-state index in [-0.39, 0.29) is 17.9 Å². The molecule has 31 heavy (non-hydrogen) atoms. The van der Waals surface area contributed by atoms with Gasteiger partial charge in [-0.15, -0.1) is 0 Å². The second kappa shape index (κ2) is 10.5. The van der Waals surface area contributed by atoms with E-state index in [1.165, 1.54) is 42.6 Å². The molecule has 0 saturated carbocycles. The molecule has 0 fully saturated rings. The average Bonchev–Trinajstić information content (AvgIpc) is 2.74. The van der Waals surface area contributed by atoms with Gasteiger partial charge in [-0.3, -0.25) is 19.7 Å². The smallest absolute Gasteiger partial charge is 0.378 e. The van der Waals surface area contributed by atoms with Crippen molar-refractivity contribution in [3.05, 3.63) is 65.7 Å². The van der Waals surface area contributed by atoms with E-state index in [2.05, 4.69) is 10.4 Å². The predicted molar refractivity (Wildman–Crippen MR) is 109 cm³/mol.